The van der Waals surface area contributed by atoms with E-state index in [4.69, 9.17) is 4.74 Å². The molecule has 1 aromatic carbocycles. The average Bonchev–Trinajstić information content (AvgIpc) is 2.38. The van der Waals surface area contributed by atoms with Crippen LogP contribution in [0.2, 0.25) is 0 Å². The molecular weight excluding hydrogens is 230 g/mol. The van der Waals surface area contributed by atoms with Gasteiger partial charge in [-0.1, -0.05) is 6.07 Å². The minimum absolute atomic E-state index is 0.0485. The van der Waals surface area contributed by atoms with Crippen molar-refractivity contribution in [1.29, 1.82) is 0 Å². The molecule has 1 aliphatic rings. The first-order chi connectivity index (χ1) is 8.63. The normalized spacial score (nSPS) is 19.8. The van der Waals surface area contributed by atoms with Gasteiger partial charge in [-0.15, -0.1) is 0 Å². The van der Waals surface area contributed by atoms with Crippen LogP contribution in [-0.4, -0.2) is 25.3 Å². The van der Waals surface area contributed by atoms with E-state index in [-0.39, 0.29) is 11.7 Å². The van der Waals surface area contributed by atoms with Crippen molar-refractivity contribution in [3.63, 3.8) is 0 Å². The number of amides is 1. The first-order valence-corrected chi connectivity index (χ1v) is 6.09. The van der Waals surface area contributed by atoms with E-state index in [0.29, 0.717) is 18.7 Å². The highest BCUT2D eigenvalue weighted by Gasteiger charge is 2.32. The van der Waals surface area contributed by atoms with Crippen LogP contribution in [0.3, 0.4) is 0 Å². The zero-order valence-corrected chi connectivity index (χ0v) is 10.7. The van der Waals surface area contributed by atoms with Crippen LogP contribution in [0.5, 0.6) is 5.75 Å². The lowest BCUT2D eigenvalue weighted by Crippen LogP contribution is -2.43. The van der Waals surface area contributed by atoms with Gasteiger partial charge in [-0.05, 0) is 31.9 Å². The maximum absolute atomic E-state index is 12.2. The predicted molar refractivity (Wildman–Crippen MR) is 68.8 cm³/mol. The average molecular weight is 247 g/mol. The summed E-state index contributed by atoms with van der Waals surface area (Å²) in [4.78, 5) is 25.3. The molecule has 1 amide bonds. The zero-order valence-electron chi connectivity index (χ0n) is 10.7. The molecule has 1 fully saturated rings. The number of anilines is 1. The molecule has 0 bridgehead atoms. The maximum Gasteiger partial charge on any atom is 0.237 e. The van der Waals surface area contributed by atoms with Crippen LogP contribution < -0.4 is 9.64 Å². The summed E-state index contributed by atoms with van der Waals surface area (Å²) in [6, 6.07) is 7.36. The smallest absolute Gasteiger partial charge is 0.237 e. The highest BCUT2D eigenvalue weighted by atomic mass is 16.5. The topological polar surface area (TPSA) is 46.6 Å². The predicted octanol–water partition coefficient (Wildman–Crippen LogP) is 2.03. The second-order valence-electron chi connectivity index (χ2n) is 4.50. The molecule has 1 atom stereocenters. The van der Waals surface area contributed by atoms with E-state index in [1.807, 2.05) is 24.3 Å². The lowest BCUT2D eigenvalue weighted by atomic mass is 9.93. The summed E-state index contributed by atoms with van der Waals surface area (Å²) in [7, 11) is 1.59. The first-order valence-electron chi connectivity index (χ1n) is 6.09. The molecule has 2 rings (SSSR count). The molecule has 0 spiro atoms. The number of Topliss-reactive ketones (excluding diaryl/α,β-unsaturated/α-hetero) is 1. The van der Waals surface area contributed by atoms with Gasteiger partial charge in [-0.25, -0.2) is 0 Å². The number of ether oxygens (including phenoxy) is 1. The second-order valence-corrected chi connectivity index (χ2v) is 4.50. The molecule has 0 aromatic heterocycles. The molecule has 1 unspecified atom stereocenters. The van der Waals surface area contributed by atoms with Crippen LogP contribution >= 0.6 is 0 Å². The number of carbonyl (C=O) groups excluding carboxylic acids is 2. The monoisotopic (exact) mass is 247 g/mol. The summed E-state index contributed by atoms with van der Waals surface area (Å²) in [5, 5.41) is 0. The van der Waals surface area contributed by atoms with E-state index in [1.54, 1.807) is 12.0 Å². The number of benzene rings is 1. The third-order valence-electron chi connectivity index (χ3n) is 3.29. The van der Waals surface area contributed by atoms with E-state index < -0.39 is 5.92 Å². The van der Waals surface area contributed by atoms with Crippen LogP contribution in [0.1, 0.15) is 19.8 Å². The van der Waals surface area contributed by atoms with Gasteiger partial charge in [0.25, 0.3) is 0 Å². The fourth-order valence-electron chi connectivity index (χ4n) is 2.29. The van der Waals surface area contributed by atoms with E-state index in [9.17, 15) is 9.59 Å². The van der Waals surface area contributed by atoms with Crippen LogP contribution in [0, 0.1) is 5.92 Å². The lowest BCUT2D eigenvalue weighted by Gasteiger charge is -2.31. The Morgan fingerprint density at radius 3 is 2.89 bits per heavy atom. The van der Waals surface area contributed by atoms with Gasteiger partial charge in [0.15, 0.2) is 0 Å². The van der Waals surface area contributed by atoms with Crippen molar-refractivity contribution < 1.29 is 14.3 Å². The fraction of sp³-hybridized carbons (Fsp3) is 0.429. The fourth-order valence-corrected chi connectivity index (χ4v) is 2.29. The second kappa shape index (κ2) is 5.21. The Morgan fingerprint density at radius 1 is 1.44 bits per heavy atom. The van der Waals surface area contributed by atoms with Crippen molar-refractivity contribution >= 4 is 17.4 Å². The number of piperidine rings is 1. The highest BCUT2D eigenvalue weighted by molar-refractivity contribution is 6.08. The molecule has 18 heavy (non-hydrogen) atoms. The summed E-state index contributed by atoms with van der Waals surface area (Å²) >= 11 is 0. The lowest BCUT2D eigenvalue weighted by molar-refractivity contribution is -0.132. The van der Waals surface area contributed by atoms with Gasteiger partial charge in [-0.2, -0.15) is 0 Å². The minimum atomic E-state index is -0.482. The van der Waals surface area contributed by atoms with Crippen LogP contribution in [0.15, 0.2) is 24.3 Å². The van der Waals surface area contributed by atoms with Gasteiger partial charge >= 0.3 is 0 Å². The van der Waals surface area contributed by atoms with Crippen molar-refractivity contribution in [2.75, 3.05) is 18.6 Å². The van der Waals surface area contributed by atoms with E-state index in [0.717, 1.165) is 12.1 Å². The van der Waals surface area contributed by atoms with Gasteiger partial charge in [0.2, 0.25) is 5.91 Å². The Bertz CT molecular complexity index is 470. The standard InChI is InChI=1S/C14H17NO3/c1-10(16)13-7-4-8-15(14(13)17)11-5-3-6-12(9-11)18-2/h3,5-6,9,13H,4,7-8H2,1-2H3. The number of carbonyl (C=O) groups is 2. The molecule has 1 heterocycles. The van der Waals surface area contributed by atoms with Crippen molar-refractivity contribution in [2.45, 2.75) is 19.8 Å². The number of rotatable bonds is 3. The maximum atomic E-state index is 12.2. The van der Waals surface area contributed by atoms with Crippen molar-refractivity contribution in [3.8, 4) is 5.75 Å². The molecule has 0 radical (unpaired) electrons. The number of methoxy groups -OCH3 is 1. The van der Waals surface area contributed by atoms with Gasteiger partial charge in [0, 0.05) is 18.3 Å². The molecule has 4 nitrogen and oxygen atoms in total. The van der Waals surface area contributed by atoms with Gasteiger partial charge in [0.05, 0.1) is 13.0 Å². The molecule has 1 saturated heterocycles. The Morgan fingerprint density at radius 2 is 2.22 bits per heavy atom. The summed E-state index contributed by atoms with van der Waals surface area (Å²) < 4.78 is 5.15. The Hall–Kier alpha value is -1.84. The highest BCUT2D eigenvalue weighted by Crippen LogP contribution is 2.27. The third kappa shape index (κ3) is 2.37. The Balaban J connectivity index is 2.26. The van der Waals surface area contributed by atoms with E-state index in [2.05, 4.69) is 0 Å². The summed E-state index contributed by atoms with van der Waals surface area (Å²) in [6.07, 6.45) is 1.52. The number of nitrogens with zero attached hydrogens (tertiary/aromatic N) is 1. The zero-order chi connectivity index (χ0) is 13.1. The minimum Gasteiger partial charge on any atom is -0.497 e. The molecule has 1 aromatic rings. The molecule has 0 N–H and O–H groups in total. The molecule has 0 saturated carbocycles. The van der Waals surface area contributed by atoms with Crippen LogP contribution in [0.25, 0.3) is 0 Å². The Labute approximate surface area is 107 Å². The van der Waals surface area contributed by atoms with E-state index >= 15 is 0 Å². The molecule has 1 aliphatic heterocycles. The van der Waals surface area contributed by atoms with Gasteiger partial charge in [-0.3, -0.25) is 9.59 Å². The molecule has 96 valence electrons. The van der Waals surface area contributed by atoms with Crippen molar-refractivity contribution in [2.24, 2.45) is 5.92 Å². The number of hydrogen-bond acceptors (Lipinski definition) is 3. The first kappa shape index (κ1) is 12.6. The Kier molecular flexibility index (Phi) is 3.65. The third-order valence-corrected chi connectivity index (χ3v) is 3.29. The largest absolute Gasteiger partial charge is 0.497 e. The number of hydrogen-bond donors (Lipinski definition) is 0. The van der Waals surface area contributed by atoms with Crippen LogP contribution in [-0.2, 0) is 9.59 Å². The molecule has 0 aliphatic carbocycles. The molecule has 4 heteroatoms. The SMILES string of the molecule is COc1cccc(N2CCCC(C(C)=O)C2=O)c1. The quantitative estimate of drug-likeness (QED) is 0.768. The van der Waals surface area contributed by atoms with Crippen molar-refractivity contribution in [3.05, 3.63) is 24.3 Å². The van der Waals surface area contributed by atoms with E-state index in [1.165, 1.54) is 6.92 Å². The molecular formula is C14H17NO3. The van der Waals surface area contributed by atoms with Crippen molar-refractivity contribution in [1.82, 2.24) is 0 Å². The number of ketones is 1. The van der Waals surface area contributed by atoms with Gasteiger partial charge < -0.3 is 9.64 Å². The van der Waals surface area contributed by atoms with Crippen LogP contribution in [0.4, 0.5) is 5.69 Å². The summed E-state index contributed by atoms with van der Waals surface area (Å²) in [5.41, 5.74) is 0.797. The summed E-state index contributed by atoms with van der Waals surface area (Å²) in [6.45, 7) is 2.15. The van der Waals surface area contributed by atoms with Gasteiger partial charge in [0.1, 0.15) is 11.5 Å². The summed E-state index contributed by atoms with van der Waals surface area (Å²) in [5.74, 6) is 0.0878.